The number of nitrogens with zero attached hydrogens (tertiary/aromatic N) is 3. The molecule has 1 aliphatic heterocycles. The SMILES string of the molecule is CN(Cc1ccccc1)C(=O)C1CCn2ccnc2C1. The van der Waals surface area contributed by atoms with Gasteiger partial charge in [0.05, 0.1) is 0 Å². The highest BCUT2D eigenvalue weighted by Crippen LogP contribution is 2.21. The number of aryl methyl sites for hydroxylation is 1. The van der Waals surface area contributed by atoms with Crippen molar-refractivity contribution in [3.63, 3.8) is 0 Å². The van der Waals surface area contributed by atoms with Gasteiger partial charge in [0.1, 0.15) is 5.82 Å². The summed E-state index contributed by atoms with van der Waals surface area (Å²) < 4.78 is 2.14. The summed E-state index contributed by atoms with van der Waals surface area (Å²) in [7, 11) is 1.89. The summed E-state index contributed by atoms with van der Waals surface area (Å²) >= 11 is 0. The van der Waals surface area contributed by atoms with Gasteiger partial charge < -0.3 is 9.47 Å². The van der Waals surface area contributed by atoms with Gasteiger partial charge in [-0.3, -0.25) is 4.79 Å². The lowest BCUT2D eigenvalue weighted by Gasteiger charge is -2.27. The lowest BCUT2D eigenvalue weighted by molar-refractivity contribution is -0.135. The maximum absolute atomic E-state index is 12.5. The van der Waals surface area contributed by atoms with Crippen LogP contribution in [0.15, 0.2) is 42.7 Å². The van der Waals surface area contributed by atoms with E-state index >= 15 is 0 Å². The van der Waals surface area contributed by atoms with Crippen LogP contribution in [-0.4, -0.2) is 27.4 Å². The Morgan fingerprint density at radius 2 is 2.20 bits per heavy atom. The standard InChI is InChI=1S/C16H19N3O/c1-18(12-13-5-3-2-4-6-13)16(20)14-7-9-19-10-8-17-15(19)11-14/h2-6,8,10,14H,7,9,11-12H2,1H3. The van der Waals surface area contributed by atoms with E-state index < -0.39 is 0 Å². The molecule has 0 saturated carbocycles. The number of amides is 1. The fourth-order valence-electron chi connectivity index (χ4n) is 2.81. The van der Waals surface area contributed by atoms with Gasteiger partial charge in [-0.25, -0.2) is 4.98 Å². The van der Waals surface area contributed by atoms with Crippen molar-refractivity contribution in [1.29, 1.82) is 0 Å². The molecule has 20 heavy (non-hydrogen) atoms. The number of aromatic nitrogens is 2. The number of fused-ring (bicyclic) bond motifs is 1. The minimum absolute atomic E-state index is 0.0682. The minimum Gasteiger partial charge on any atom is -0.341 e. The molecule has 1 aromatic heterocycles. The van der Waals surface area contributed by atoms with Crippen LogP contribution in [0.1, 0.15) is 17.8 Å². The van der Waals surface area contributed by atoms with E-state index in [-0.39, 0.29) is 11.8 Å². The molecule has 0 saturated heterocycles. The molecule has 4 heteroatoms. The van der Waals surface area contributed by atoms with Crippen molar-refractivity contribution in [3.05, 3.63) is 54.1 Å². The predicted molar refractivity (Wildman–Crippen MR) is 77.0 cm³/mol. The normalized spacial score (nSPS) is 17.6. The number of carbonyl (C=O) groups excluding carboxylic acids is 1. The summed E-state index contributed by atoms with van der Waals surface area (Å²) in [5, 5.41) is 0. The smallest absolute Gasteiger partial charge is 0.226 e. The molecule has 1 atom stereocenters. The molecule has 3 rings (SSSR count). The number of rotatable bonds is 3. The molecule has 104 valence electrons. The first-order chi connectivity index (χ1) is 9.74. The van der Waals surface area contributed by atoms with Gasteiger partial charge in [0.2, 0.25) is 5.91 Å². The van der Waals surface area contributed by atoms with E-state index in [1.165, 1.54) is 5.56 Å². The van der Waals surface area contributed by atoms with Crippen LogP contribution >= 0.6 is 0 Å². The molecule has 2 heterocycles. The van der Waals surface area contributed by atoms with Crippen LogP contribution in [0.3, 0.4) is 0 Å². The third kappa shape index (κ3) is 2.59. The van der Waals surface area contributed by atoms with Crippen molar-refractivity contribution >= 4 is 5.91 Å². The summed E-state index contributed by atoms with van der Waals surface area (Å²) in [4.78, 5) is 18.7. The highest BCUT2D eigenvalue weighted by molar-refractivity contribution is 5.78. The molecule has 0 spiro atoms. The zero-order valence-electron chi connectivity index (χ0n) is 11.7. The molecule has 2 aromatic rings. The lowest BCUT2D eigenvalue weighted by atomic mass is 9.96. The highest BCUT2D eigenvalue weighted by Gasteiger charge is 2.27. The molecule has 1 aromatic carbocycles. The van der Waals surface area contributed by atoms with Gasteiger partial charge in [0.15, 0.2) is 0 Å². The number of imidazole rings is 1. The summed E-state index contributed by atoms with van der Waals surface area (Å²) in [6.07, 6.45) is 5.46. The van der Waals surface area contributed by atoms with Gasteiger partial charge in [0.25, 0.3) is 0 Å². The second-order valence-electron chi connectivity index (χ2n) is 5.41. The molecule has 1 unspecified atom stereocenters. The van der Waals surface area contributed by atoms with Crippen LogP contribution < -0.4 is 0 Å². The lowest BCUT2D eigenvalue weighted by Crippen LogP contribution is -2.36. The molecule has 1 aliphatic rings. The molecular formula is C16H19N3O. The van der Waals surface area contributed by atoms with Gasteiger partial charge in [0, 0.05) is 44.9 Å². The van der Waals surface area contributed by atoms with Gasteiger partial charge in [-0.15, -0.1) is 0 Å². The molecule has 0 bridgehead atoms. The number of benzene rings is 1. The Labute approximate surface area is 119 Å². The van der Waals surface area contributed by atoms with Crippen molar-refractivity contribution in [2.24, 2.45) is 5.92 Å². The largest absolute Gasteiger partial charge is 0.341 e. The Hall–Kier alpha value is -2.10. The summed E-state index contributed by atoms with van der Waals surface area (Å²) in [5.74, 6) is 1.32. The van der Waals surface area contributed by atoms with Gasteiger partial charge in [-0.2, -0.15) is 0 Å². The number of carbonyl (C=O) groups is 1. The maximum atomic E-state index is 12.5. The third-order valence-electron chi connectivity index (χ3n) is 3.94. The second-order valence-corrected chi connectivity index (χ2v) is 5.41. The van der Waals surface area contributed by atoms with E-state index in [0.717, 1.165) is 25.2 Å². The first kappa shape index (κ1) is 12.9. The van der Waals surface area contributed by atoms with Gasteiger partial charge >= 0.3 is 0 Å². The third-order valence-corrected chi connectivity index (χ3v) is 3.94. The van der Waals surface area contributed by atoms with E-state index in [2.05, 4.69) is 21.7 Å². The monoisotopic (exact) mass is 269 g/mol. The quantitative estimate of drug-likeness (QED) is 0.856. The van der Waals surface area contributed by atoms with Crippen molar-refractivity contribution in [3.8, 4) is 0 Å². The Bertz CT molecular complexity index is 591. The van der Waals surface area contributed by atoms with Crippen LogP contribution in [0.2, 0.25) is 0 Å². The van der Waals surface area contributed by atoms with Crippen molar-refractivity contribution in [2.75, 3.05) is 7.05 Å². The van der Waals surface area contributed by atoms with Crippen LogP contribution in [0, 0.1) is 5.92 Å². The van der Waals surface area contributed by atoms with E-state index in [1.54, 1.807) is 0 Å². The molecule has 0 radical (unpaired) electrons. The average Bonchev–Trinajstić information content (AvgIpc) is 2.94. The Kier molecular flexibility index (Phi) is 3.54. The van der Waals surface area contributed by atoms with E-state index in [0.29, 0.717) is 6.54 Å². The van der Waals surface area contributed by atoms with Crippen molar-refractivity contribution in [2.45, 2.75) is 25.9 Å². The van der Waals surface area contributed by atoms with E-state index in [1.807, 2.05) is 42.5 Å². The van der Waals surface area contributed by atoms with Crippen LogP contribution in [0.4, 0.5) is 0 Å². The van der Waals surface area contributed by atoms with Gasteiger partial charge in [-0.05, 0) is 12.0 Å². The molecule has 1 amide bonds. The fourth-order valence-corrected chi connectivity index (χ4v) is 2.81. The van der Waals surface area contributed by atoms with Gasteiger partial charge in [-0.1, -0.05) is 30.3 Å². The Morgan fingerprint density at radius 1 is 1.40 bits per heavy atom. The number of hydrogen-bond donors (Lipinski definition) is 0. The number of hydrogen-bond acceptors (Lipinski definition) is 2. The summed E-state index contributed by atoms with van der Waals surface area (Å²) in [5.41, 5.74) is 1.17. The molecular weight excluding hydrogens is 250 g/mol. The molecule has 0 N–H and O–H groups in total. The first-order valence-corrected chi connectivity index (χ1v) is 7.03. The van der Waals surface area contributed by atoms with E-state index in [4.69, 9.17) is 0 Å². The van der Waals surface area contributed by atoms with Crippen LogP contribution in [0.25, 0.3) is 0 Å². The molecule has 4 nitrogen and oxygen atoms in total. The van der Waals surface area contributed by atoms with Crippen molar-refractivity contribution < 1.29 is 4.79 Å². The fraction of sp³-hybridized carbons (Fsp3) is 0.375. The average molecular weight is 269 g/mol. The topological polar surface area (TPSA) is 38.1 Å². The van der Waals surface area contributed by atoms with Crippen molar-refractivity contribution in [1.82, 2.24) is 14.5 Å². The molecule has 0 fully saturated rings. The highest BCUT2D eigenvalue weighted by atomic mass is 16.2. The minimum atomic E-state index is 0.0682. The predicted octanol–water partition coefficient (Wildman–Crippen LogP) is 2.10. The summed E-state index contributed by atoms with van der Waals surface area (Å²) in [6.45, 7) is 1.57. The Balaban J connectivity index is 1.64. The van der Waals surface area contributed by atoms with E-state index in [9.17, 15) is 4.79 Å². The summed E-state index contributed by atoms with van der Waals surface area (Å²) in [6, 6.07) is 10.1. The maximum Gasteiger partial charge on any atom is 0.226 e. The first-order valence-electron chi connectivity index (χ1n) is 7.03. The van der Waals surface area contributed by atoms with Crippen LogP contribution in [0.5, 0.6) is 0 Å². The zero-order chi connectivity index (χ0) is 13.9. The Morgan fingerprint density at radius 3 is 3.00 bits per heavy atom. The van der Waals surface area contributed by atoms with Crippen LogP contribution in [-0.2, 0) is 24.3 Å². The molecule has 0 aliphatic carbocycles. The second kappa shape index (κ2) is 5.49. The zero-order valence-corrected chi connectivity index (χ0v) is 11.7.